The lowest BCUT2D eigenvalue weighted by Gasteiger charge is -2.24. The summed E-state index contributed by atoms with van der Waals surface area (Å²) in [5, 5.41) is 19.3. The zero-order chi connectivity index (χ0) is 20.7. The van der Waals surface area contributed by atoms with Gasteiger partial charge in [0.25, 0.3) is 0 Å². The second kappa shape index (κ2) is 6.93. The predicted octanol–water partition coefficient (Wildman–Crippen LogP) is 2.76. The van der Waals surface area contributed by atoms with Crippen LogP contribution in [0.25, 0.3) is 0 Å². The van der Waals surface area contributed by atoms with E-state index in [0.29, 0.717) is 16.9 Å². The lowest BCUT2D eigenvalue weighted by atomic mass is 9.95. The Bertz CT molecular complexity index is 1190. The molecule has 1 atom stereocenters. The van der Waals surface area contributed by atoms with Crippen molar-refractivity contribution in [2.45, 2.75) is 12.6 Å². The van der Waals surface area contributed by atoms with E-state index in [0.717, 1.165) is 23.0 Å². The molecule has 0 amide bonds. The summed E-state index contributed by atoms with van der Waals surface area (Å²) in [4.78, 5) is 23.3. The number of rotatable bonds is 3. The number of carboxylic acid groups (broad SMARTS) is 1. The summed E-state index contributed by atoms with van der Waals surface area (Å²) in [5.74, 6) is -4.21. The van der Waals surface area contributed by atoms with Crippen LogP contribution in [0, 0.1) is 11.6 Å². The quantitative estimate of drug-likeness (QED) is 0.625. The normalized spacial score (nSPS) is 14.9. The highest BCUT2D eigenvalue weighted by Crippen LogP contribution is 2.37. The Hall–Kier alpha value is -3.88. The largest absolute Gasteiger partial charge is 0.502 e. The van der Waals surface area contributed by atoms with Crippen molar-refractivity contribution in [2.75, 3.05) is 5.43 Å². The Morgan fingerprint density at radius 3 is 2.66 bits per heavy atom. The van der Waals surface area contributed by atoms with E-state index in [1.807, 2.05) is 0 Å². The number of carbonyl (C=O) groups is 1. The Labute approximate surface area is 162 Å². The van der Waals surface area contributed by atoms with Crippen molar-refractivity contribution in [3.63, 3.8) is 0 Å². The van der Waals surface area contributed by atoms with Crippen molar-refractivity contribution in [1.29, 1.82) is 0 Å². The van der Waals surface area contributed by atoms with Crippen LogP contribution in [0.2, 0.25) is 0 Å². The summed E-state index contributed by atoms with van der Waals surface area (Å²) < 4.78 is 34.8. The number of hydrogen-bond acceptors (Lipinski definition) is 5. The monoisotopic (exact) mass is 400 g/mol. The van der Waals surface area contributed by atoms with Gasteiger partial charge in [-0.3, -0.25) is 9.47 Å². The summed E-state index contributed by atoms with van der Waals surface area (Å²) in [6.45, 7) is -0.227. The van der Waals surface area contributed by atoms with Gasteiger partial charge in [-0.2, -0.15) is 0 Å². The van der Waals surface area contributed by atoms with Crippen LogP contribution >= 0.6 is 0 Å². The molecule has 1 aliphatic rings. The first-order chi connectivity index (χ1) is 13.9. The first-order valence-electron chi connectivity index (χ1n) is 8.51. The van der Waals surface area contributed by atoms with Gasteiger partial charge in [0.05, 0.1) is 6.04 Å². The maximum Gasteiger partial charge on any atom is 0.358 e. The third-order valence-corrected chi connectivity index (χ3v) is 4.69. The number of carboxylic acids is 1. The summed E-state index contributed by atoms with van der Waals surface area (Å²) in [6, 6.07) is 9.22. The van der Waals surface area contributed by atoms with E-state index in [4.69, 9.17) is 4.74 Å². The number of nitrogens with zero attached hydrogens (tertiary/aromatic N) is 1. The number of aromatic nitrogens is 1. The highest BCUT2D eigenvalue weighted by Gasteiger charge is 2.29. The molecule has 148 valence electrons. The maximum absolute atomic E-state index is 14.5. The number of halogens is 2. The average Bonchev–Trinajstić information content (AvgIpc) is 2.85. The van der Waals surface area contributed by atoms with Crippen molar-refractivity contribution in [3.8, 4) is 11.5 Å². The first-order valence-corrected chi connectivity index (χ1v) is 8.51. The van der Waals surface area contributed by atoms with E-state index in [1.54, 1.807) is 24.3 Å². The van der Waals surface area contributed by atoms with Gasteiger partial charge in [-0.1, -0.05) is 24.3 Å². The van der Waals surface area contributed by atoms with Crippen molar-refractivity contribution in [1.82, 2.24) is 4.68 Å². The lowest BCUT2D eigenvalue weighted by molar-refractivity contribution is 0.0681. The average molecular weight is 400 g/mol. The molecule has 1 aromatic heterocycles. The van der Waals surface area contributed by atoms with Crippen LogP contribution in [0.1, 0.15) is 33.2 Å². The van der Waals surface area contributed by atoms with Crippen molar-refractivity contribution >= 4 is 5.97 Å². The van der Waals surface area contributed by atoms with E-state index < -0.39 is 40.5 Å². The van der Waals surface area contributed by atoms with Gasteiger partial charge in [-0.15, -0.1) is 0 Å². The lowest BCUT2D eigenvalue weighted by Crippen LogP contribution is -2.28. The molecule has 2 heterocycles. The van der Waals surface area contributed by atoms with E-state index in [-0.39, 0.29) is 12.2 Å². The van der Waals surface area contributed by atoms with Crippen LogP contribution in [0.4, 0.5) is 8.78 Å². The number of nitrogens with one attached hydrogen (secondary N) is 1. The Morgan fingerprint density at radius 2 is 1.90 bits per heavy atom. The van der Waals surface area contributed by atoms with Crippen molar-refractivity contribution in [3.05, 3.63) is 92.9 Å². The standard InChI is InChI=1S/C20H14F2N2O5/c21-13-6-5-10-12(16(13)22)9-29-15-4-2-1-3-11(15)17(10)23-24-8-7-14(25)19(26)18(24)20(27)28/h1-8,17,23,26H,9H2,(H,27,28). The van der Waals surface area contributed by atoms with Gasteiger partial charge >= 0.3 is 5.97 Å². The molecule has 1 aliphatic heterocycles. The van der Waals surface area contributed by atoms with Crippen LogP contribution in [-0.2, 0) is 6.61 Å². The van der Waals surface area contributed by atoms with Crippen LogP contribution in [0.3, 0.4) is 0 Å². The van der Waals surface area contributed by atoms with Gasteiger partial charge in [0.1, 0.15) is 12.4 Å². The molecule has 0 aliphatic carbocycles. The number of aromatic carboxylic acids is 1. The predicted molar refractivity (Wildman–Crippen MR) is 97.7 cm³/mol. The number of ether oxygens (including phenoxy) is 1. The zero-order valence-corrected chi connectivity index (χ0v) is 14.7. The molecule has 9 heteroatoms. The van der Waals surface area contributed by atoms with Crippen LogP contribution in [0.5, 0.6) is 11.5 Å². The topological polar surface area (TPSA) is 101 Å². The molecular formula is C20H14F2N2O5. The van der Waals surface area contributed by atoms with Crippen molar-refractivity contribution in [2.24, 2.45) is 0 Å². The molecule has 3 aromatic rings. The third kappa shape index (κ3) is 3.06. The molecule has 0 bridgehead atoms. The molecule has 0 radical (unpaired) electrons. The fourth-order valence-corrected chi connectivity index (χ4v) is 3.31. The first kappa shape index (κ1) is 18.5. The molecule has 1 unspecified atom stereocenters. The minimum absolute atomic E-state index is 0.0270. The SMILES string of the molecule is O=C(O)c1c(O)c(=O)ccn1NC1c2ccccc2OCc2c1ccc(F)c2F. The minimum Gasteiger partial charge on any atom is -0.502 e. The number of para-hydroxylation sites is 1. The smallest absolute Gasteiger partial charge is 0.358 e. The van der Waals surface area contributed by atoms with Crippen LogP contribution in [-0.4, -0.2) is 20.9 Å². The second-order valence-electron chi connectivity index (χ2n) is 6.37. The molecule has 2 aromatic carbocycles. The molecule has 0 fully saturated rings. The van der Waals surface area contributed by atoms with Gasteiger partial charge in [-0.25, -0.2) is 13.6 Å². The Kier molecular flexibility index (Phi) is 4.42. The van der Waals surface area contributed by atoms with Gasteiger partial charge in [0, 0.05) is 23.4 Å². The van der Waals surface area contributed by atoms with Crippen molar-refractivity contribution < 1.29 is 28.5 Å². The van der Waals surface area contributed by atoms with Gasteiger partial charge in [0.2, 0.25) is 5.43 Å². The molecular weight excluding hydrogens is 386 g/mol. The number of hydrogen-bond donors (Lipinski definition) is 3. The maximum atomic E-state index is 14.5. The number of aromatic hydroxyl groups is 1. The Balaban J connectivity index is 1.93. The molecule has 3 N–H and O–H groups in total. The molecule has 29 heavy (non-hydrogen) atoms. The molecule has 0 saturated heterocycles. The number of fused-ring (bicyclic) bond motifs is 2. The second-order valence-corrected chi connectivity index (χ2v) is 6.37. The summed E-state index contributed by atoms with van der Waals surface area (Å²) >= 11 is 0. The van der Waals surface area contributed by atoms with Gasteiger partial charge < -0.3 is 20.4 Å². The van der Waals surface area contributed by atoms with Crippen LogP contribution < -0.4 is 15.6 Å². The van der Waals surface area contributed by atoms with E-state index in [1.165, 1.54) is 6.07 Å². The molecule has 0 saturated carbocycles. The fourth-order valence-electron chi connectivity index (χ4n) is 3.31. The number of benzene rings is 2. The van der Waals surface area contributed by atoms with E-state index in [9.17, 15) is 28.6 Å². The minimum atomic E-state index is -1.55. The Morgan fingerprint density at radius 1 is 1.14 bits per heavy atom. The molecule has 0 spiro atoms. The van der Waals surface area contributed by atoms with Gasteiger partial charge in [-0.05, 0) is 17.7 Å². The highest BCUT2D eigenvalue weighted by atomic mass is 19.2. The summed E-state index contributed by atoms with van der Waals surface area (Å²) in [7, 11) is 0. The molecule has 4 rings (SSSR count). The zero-order valence-electron chi connectivity index (χ0n) is 14.7. The van der Waals surface area contributed by atoms with Gasteiger partial charge in [0.15, 0.2) is 23.1 Å². The summed E-state index contributed by atoms with van der Waals surface area (Å²) in [5.41, 5.74) is 2.14. The highest BCUT2D eigenvalue weighted by molar-refractivity contribution is 5.88. The van der Waals surface area contributed by atoms with E-state index in [2.05, 4.69) is 5.43 Å². The van der Waals surface area contributed by atoms with E-state index >= 15 is 0 Å². The summed E-state index contributed by atoms with van der Waals surface area (Å²) in [6.07, 6.45) is 1.14. The number of pyridine rings is 1. The van der Waals surface area contributed by atoms with Crippen LogP contribution in [0.15, 0.2) is 53.5 Å². The molecule has 7 nitrogen and oxygen atoms in total. The fraction of sp³-hybridized carbons (Fsp3) is 0.100. The third-order valence-electron chi connectivity index (χ3n) is 4.69.